The molecule has 0 radical (unpaired) electrons. The van der Waals surface area contributed by atoms with Crippen LogP contribution in [0, 0.1) is 5.82 Å². The van der Waals surface area contributed by atoms with Crippen LogP contribution in [0.1, 0.15) is 23.7 Å². The van der Waals surface area contributed by atoms with Gasteiger partial charge in [-0.15, -0.1) is 0 Å². The molecule has 8 heteroatoms. The number of halogens is 4. The van der Waals surface area contributed by atoms with E-state index >= 15 is 0 Å². The summed E-state index contributed by atoms with van der Waals surface area (Å²) < 4.78 is 18.9. The standard InChI is InChI=1S/C17H16Cl3FN2O2/c1-2-3-23(17(24)11-6-13(21)10-22-9-11)4-5-25-16-14(19)7-12(18)8-15(16)20/h6-10H,2-5H2,1H3. The van der Waals surface area contributed by atoms with Crippen LogP contribution < -0.4 is 4.74 Å². The number of nitrogens with zero attached hydrogens (tertiary/aromatic N) is 2. The highest BCUT2D eigenvalue weighted by molar-refractivity contribution is 6.40. The number of hydrogen-bond acceptors (Lipinski definition) is 3. The Morgan fingerprint density at radius 3 is 2.44 bits per heavy atom. The minimum absolute atomic E-state index is 0.176. The maximum absolute atomic E-state index is 13.3. The second-order valence-electron chi connectivity index (χ2n) is 5.23. The molecule has 1 aromatic carbocycles. The summed E-state index contributed by atoms with van der Waals surface area (Å²) in [4.78, 5) is 17.8. The molecule has 0 fully saturated rings. The van der Waals surface area contributed by atoms with Crippen LogP contribution in [0.4, 0.5) is 4.39 Å². The fraction of sp³-hybridized carbons (Fsp3) is 0.294. The second-order valence-corrected chi connectivity index (χ2v) is 6.48. The van der Waals surface area contributed by atoms with Gasteiger partial charge in [-0.3, -0.25) is 9.78 Å². The SMILES string of the molecule is CCCN(CCOc1c(Cl)cc(Cl)cc1Cl)C(=O)c1cncc(F)c1. The third kappa shape index (κ3) is 5.46. The molecule has 0 N–H and O–H groups in total. The monoisotopic (exact) mass is 404 g/mol. The molecule has 1 amide bonds. The highest BCUT2D eigenvalue weighted by Crippen LogP contribution is 2.35. The molecule has 2 aromatic rings. The molecule has 1 heterocycles. The zero-order chi connectivity index (χ0) is 18.4. The minimum atomic E-state index is -0.557. The van der Waals surface area contributed by atoms with Crippen molar-refractivity contribution in [3.05, 3.63) is 57.0 Å². The average molecular weight is 406 g/mol. The van der Waals surface area contributed by atoms with Crippen LogP contribution in [0.3, 0.4) is 0 Å². The van der Waals surface area contributed by atoms with E-state index < -0.39 is 5.82 Å². The molecule has 0 bridgehead atoms. The number of rotatable bonds is 7. The number of carbonyl (C=O) groups is 1. The maximum Gasteiger partial charge on any atom is 0.255 e. The Balaban J connectivity index is 2.04. The van der Waals surface area contributed by atoms with Gasteiger partial charge in [0, 0.05) is 17.8 Å². The van der Waals surface area contributed by atoms with E-state index in [0.29, 0.717) is 33.9 Å². The van der Waals surface area contributed by atoms with E-state index in [9.17, 15) is 9.18 Å². The van der Waals surface area contributed by atoms with Gasteiger partial charge in [0.25, 0.3) is 5.91 Å². The quantitative estimate of drug-likeness (QED) is 0.642. The number of benzene rings is 1. The van der Waals surface area contributed by atoms with Crippen molar-refractivity contribution in [1.29, 1.82) is 0 Å². The van der Waals surface area contributed by atoms with Gasteiger partial charge in [-0.1, -0.05) is 41.7 Å². The number of ether oxygens (including phenoxy) is 1. The molecular formula is C17H16Cl3FN2O2. The molecular weight excluding hydrogens is 390 g/mol. The van der Waals surface area contributed by atoms with Crippen molar-refractivity contribution < 1.29 is 13.9 Å². The van der Waals surface area contributed by atoms with Crippen LogP contribution in [-0.4, -0.2) is 35.5 Å². The maximum atomic E-state index is 13.3. The number of aromatic nitrogens is 1. The van der Waals surface area contributed by atoms with E-state index in [0.717, 1.165) is 18.7 Å². The lowest BCUT2D eigenvalue weighted by Gasteiger charge is -2.22. The molecule has 1 aromatic heterocycles. The normalized spacial score (nSPS) is 10.6. The molecule has 0 aliphatic rings. The van der Waals surface area contributed by atoms with Gasteiger partial charge in [0.2, 0.25) is 0 Å². The third-order valence-electron chi connectivity index (χ3n) is 3.30. The summed E-state index contributed by atoms with van der Waals surface area (Å²) in [7, 11) is 0. The van der Waals surface area contributed by atoms with Crippen molar-refractivity contribution in [3.8, 4) is 5.75 Å². The number of pyridine rings is 1. The van der Waals surface area contributed by atoms with Crippen molar-refractivity contribution in [1.82, 2.24) is 9.88 Å². The fourth-order valence-corrected chi connectivity index (χ4v) is 3.15. The lowest BCUT2D eigenvalue weighted by Crippen LogP contribution is -2.35. The van der Waals surface area contributed by atoms with Crippen LogP contribution in [0.15, 0.2) is 30.6 Å². The zero-order valence-electron chi connectivity index (χ0n) is 13.4. The highest BCUT2D eigenvalue weighted by atomic mass is 35.5. The topological polar surface area (TPSA) is 42.4 Å². The van der Waals surface area contributed by atoms with E-state index in [2.05, 4.69) is 4.98 Å². The van der Waals surface area contributed by atoms with E-state index in [1.807, 2.05) is 6.92 Å². The van der Waals surface area contributed by atoms with E-state index in [1.165, 1.54) is 18.3 Å². The average Bonchev–Trinajstić information content (AvgIpc) is 2.55. The van der Waals surface area contributed by atoms with Crippen LogP contribution in [0.5, 0.6) is 5.75 Å². The first-order chi connectivity index (χ1) is 11.9. The molecule has 0 aliphatic heterocycles. The molecule has 134 valence electrons. The van der Waals surface area contributed by atoms with Crippen molar-refractivity contribution in [2.75, 3.05) is 19.7 Å². The van der Waals surface area contributed by atoms with Crippen molar-refractivity contribution in [2.24, 2.45) is 0 Å². The molecule has 0 atom stereocenters. The van der Waals surface area contributed by atoms with Crippen LogP contribution in [-0.2, 0) is 0 Å². The molecule has 0 spiro atoms. The van der Waals surface area contributed by atoms with Crippen molar-refractivity contribution >= 4 is 40.7 Å². The first kappa shape index (κ1) is 19.8. The fourth-order valence-electron chi connectivity index (χ4n) is 2.22. The predicted octanol–water partition coefficient (Wildman–Crippen LogP) is 5.11. The van der Waals surface area contributed by atoms with E-state index in [1.54, 1.807) is 4.90 Å². The van der Waals surface area contributed by atoms with Gasteiger partial charge in [0.05, 0.1) is 28.4 Å². The Bertz CT molecular complexity index is 735. The largest absolute Gasteiger partial charge is 0.489 e. The van der Waals surface area contributed by atoms with Crippen LogP contribution >= 0.6 is 34.8 Å². The summed E-state index contributed by atoms with van der Waals surface area (Å²) in [6.07, 6.45) is 3.13. The smallest absolute Gasteiger partial charge is 0.255 e. The molecule has 0 saturated heterocycles. The lowest BCUT2D eigenvalue weighted by atomic mass is 10.2. The Morgan fingerprint density at radius 1 is 1.16 bits per heavy atom. The van der Waals surface area contributed by atoms with Gasteiger partial charge in [-0.2, -0.15) is 0 Å². The third-order valence-corrected chi connectivity index (χ3v) is 4.08. The number of amides is 1. The number of hydrogen-bond donors (Lipinski definition) is 0. The summed E-state index contributed by atoms with van der Waals surface area (Å²) >= 11 is 18.0. The van der Waals surface area contributed by atoms with Crippen LogP contribution in [0.2, 0.25) is 15.1 Å². The van der Waals surface area contributed by atoms with E-state index in [-0.39, 0.29) is 18.1 Å². The first-order valence-electron chi connectivity index (χ1n) is 7.59. The molecule has 0 aliphatic carbocycles. The van der Waals surface area contributed by atoms with Gasteiger partial charge in [-0.25, -0.2) is 4.39 Å². The Morgan fingerprint density at radius 2 is 1.84 bits per heavy atom. The first-order valence-corrected chi connectivity index (χ1v) is 8.73. The summed E-state index contributed by atoms with van der Waals surface area (Å²) in [5.74, 6) is -0.562. The minimum Gasteiger partial charge on any atom is -0.489 e. The highest BCUT2D eigenvalue weighted by Gasteiger charge is 2.17. The summed E-state index contributed by atoms with van der Waals surface area (Å²) in [6, 6.07) is 4.21. The zero-order valence-corrected chi connectivity index (χ0v) is 15.7. The van der Waals surface area contributed by atoms with E-state index in [4.69, 9.17) is 39.5 Å². The van der Waals surface area contributed by atoms with Gasteiger partial charge < -0.3 is 9.64 Å². The predicted molar refractivity (Wildman–Crippen MR) is 97.4 cm³/mol. The molecule has 25 heavy (non-hydrogen) atoms. The Hall–Kier alpha value is -1.56. The lowest BCUT2D eigenvalue weighted by molar-refractivity contribution is 0.0729. The van der Waals surface area contributed by atoms with Crippen molar-refractivity contribution in [2.45, 2.75) is 13.3 Å². The van der Waals surface area contributed by atoms with Gasteiger partial charge in [-0.05, 0) is 24.6 Å². The molecule has 2 rings (SSSR count). The summed E-state index contributed by atoms with van der Waals surface area (Å²) in [6.45, 7) is 2.91. The van der Waals surface area contributed by atoms with Gasteiger partial charge >= 0.3 is 0 Å². The molecule has 0 unspecified atom stereocenters. The molecule has 0 saturated carbocycles. The molecule has 4 nitrogen and oxygen atoms in total. The van der Waals surface area contributed by atoms with Gasteiger partial charge in [0.15, 0.2) is 5.75 Å². The Kier molecular flexibility index (Phi) is 7.29. The summed E-state index contributed by atoms with van der Waals surface area (Å²) in [5, 5.41) is 0.990. The second kappa shape index (κ2) is 9.22. The van der Waals surface area contributed by atoms with Gasteiger partial charge in [0.1, 0.15) is 12.4 Å². The summed E-state index contributed by atoms with van der Waals surface area (Å²) in [5.41, 5.74) is 0.191. The van der Waals surface area contributed by atoms with Crippen LogP contribution in [0.25, 0.3) is 0 Å². The Labute approximate surface area is 160 Å². The van der Waals surface area contributed by atoms with Crippen molar-refractivity contribution in [3.63, 3.8) is 0 Å². The number of carbonyl (C=O) groups excluding carboxylic acids is 1.